The molecule has 0 aliphatic carbocycles. The predicted molar refractivity (Wildman–Crippen MR) is 75.9 cm³/mol. The summed E-state index contributed by atoms with van der Waals surface area (Å²) in [7, 11) is 4.24. The summed E-state index contributed by atoms with van der Waals surface area (Å²) in [5.41, 5.74) is 0.143. The molecule has 0 atom stereocenters. The highest BCUT2D eigenvalue weighted by atomic mass is 19.1. The van der Waals surface area contributed by atoms with Crippen molar-refractivity contribution in [2.24, 2.45) is 0 Å². The Morgan fingerprint density at radius 3 is 2.00 bits per heavy atom. The van der Waals surface area contributed by atoms with Crippen LogP contribution in [-0.4, -0.2) is 27.1 Å². The number of methoxy groups -OCH3 is 3. The molecule has 0 aliphatic rings. The van der Waals surface area contributed by atoms with E-state index in [1.807, 2.05) is 0 Å². The zero-order valence-electron chi connectivity index (χ0n) is 12.0. The van der Waals surface area contributed by atoms with Gasteiger partial charge in [0, 0.05) is 0 Å². The minimum absolute atomic E-state index is 0.0164. The van der Waals surface area contributed by atoms with Crippen LogP contribution in [0, 0.1) is 5.82 Å². The SMILES string of the molecule is COc1cccc(C(=O)c2cccc(OC)c2OC)c1F. The standard InChI is InChI=1S/C16H15FO4/c1-19-12-8-4-6-10(14(12)17)15(18)11-7-5-9-13(20-2)16(11)21-3/h4-9H,1-3H3. The van der Waals surface area contributed by atoms with E-state index in [9.17, 15) is 9.18 Å². The van der Waals surface area contributed by atoms with Gasteiger partial charge in [-0.3, -0.25) is 4.79 Å². The van der Waals surface area contributed by atoms with Crippen LogP contribution in [0.4, 0.5) is 4.39 Å². The van der Waals surface area contributed by atoms with Crippen LogP contribution in [0.25, 0.3) is 0 Å². The molecule has 0 aliphatic heterocycles. The molecule has 0 bridgehead atoms. The van der Waals surface area contributed by atoms with Gasteiger partial charge in [-0.25, -0.2) is 4.39 Å². The van der Waals surface area contributed by atoms with Gasteiger partial charge in [0.15, 0.2) is 28.8 Å². The molecule has 5 heteroatoms. The number of halogens is 1. The Balaban J connectivity index is 2.55. The number of hydrogen-bond donors (Lipinski definition) is 0. The van der Waals surface area contributed by atoms with E-state index in [-0.39, 0.29) is 22.6 Å². The molecule has 0 radical (unpaired) electrons. The maximum atomic E-state index is 14.2. The van der Waals surface area contributed by atoms with Crippen molar-refractivity contribution in [1.29, 1.82) is 0 Å². The van der Waals surface area contributed by atoms with Crippen LogP contribution in [0.15, 0.2) is 36.4 Å². The lowest BCUT2D eigenvalue weighted by atomic mass is 10.0. The Morgan fingerprint density at radius 2 is 1.43 bits per heavy atom. The Hall–Kier alpha value is -2.56. The predicted octanol–water partition coefficient (Wildman–Crippen LogP) is 3.08. The average molecular weight is 290 g/mol. The molecule has 2 aromatic rings. The van der Waals surface area contributed by atoms with Crippen LogP contribution in [-0.2, 0) is 0 Å². The molecule has 0 saturated heterocycles. The molecule has 0 aromatic heterocycles. The number of carbonyl (C=O) groups excluding carboxylic acids is 1. The number of benzene rings is 2. The third-order valence-electron chi connectivity index (χ3n) is 3.08. The Labute approximate surface area is 122 Å². The summed E-state index contributed by atoms with van der Waals surface area (Å²) >= 11 is 0. The molecule has 0 unspecified atom stereocenters. The second kappa shape index (κ2) is 6.26. The van der Waals surface area contributed by atoms with E-state index < -0.39 is 11.6 Å². The number of para-hydroxylation sites is 1. The highest BCUT2D eigenvalue weighted by Gasteiger charge is 2.22. The first kappa shape index (κ1) is 14.8. The molecular weight excluding hydrogens is 275 g/mol. The molecule has 0 amide bonds. The summed E-state index contributed by atoms with van der Waals surface area (Å²) in [4.78, 5) is 12.6. The second-order valence-electron chi connectivity index (χ2n) is 4.19. The van der Waals surface area contributed by atoms with Crippen molar-refractivity contribution in [2.45, 2.75) is 0 Å². The molecule has 2 aromatic carbocycles. The third-order valence-corrected chi connectivity index (χ3v) is 3.08. The molecule has 0 spiro atoms. The summed E-state index contributed by atoms with van der Waals surface area (Å²) < 4.78 is 29.4. The lowest BCUT2D eigenvalue weighted by Gasteiger charge is -2.12. The molecular formula is C16H15FO4. The fraction of sp³-hybridized carbons (Fsp3) is 0.188. The summed E-state index contributed by atoms with van der Waals surface area (Å²) in [6, 6.07) is 9.28. The highest BCUT2D eigenvalue weighted by Crippen LogP contribution is 2.33. The van der Waals surface area contributed by atoms with Gasteiger partial charge >= 0.3 is 0 Å². The van der Waals surface area contributed by atoms with E-state index in [4.69, 9.17) is 14.2 Å². The Bertz CT molecular complexity index is 667. The number of carbonyl (C=O) groups is 1. The van der Waals surface area contributed by atoms with Crippen LogP contribution < -0.4 is 14.2 Å². The summed E-state index contributed by atoms with van der Waals surface area (Å²) in [5, 5.41) is 0. The van der Waals surface area contributed by atoms with Crippen molar-refractivity contribution in [1.82, 2.24) is 0 Å². The van der Waals surface area contributed by atoms with Crippen molar-refractivity contribution in [2.75, 3.05) is 21.3 Å². The molecule has 21 heavy (non-hydrogen) atoms. The number of hydrogen-bond acceptors (Lipinski definition) is 4. The fourth-order valence-corrected chi connectivity index (χ4v) is 2.05. The van der Waals surface area contributed by atoms with E-state index in [2.05, 4.69) is 0 Å². The molecule has 0 heterocycles. The maximum absolute atomic E-state index is 14.2. The minimum atomic E-state index is -0.699. The average Bonchev–Trinajstić information content (AvgIpc) is 2.53. The van der Waals surface area contributed by atoms with Crippen molar-refractivity contribution in [3.63, 3.8) is 0 Å². The first-order valence-corrected chi connectivity index (χ1v) is 6.22. The maximum Gasteiger partial charge on any atom is 0.199 e. The largest absolute Gasteiger partial charge is 0.494 e. The zero-order valence-corrected chi connectivity index (χ0v) is 12.0. The van der Waals surface area contributed by atoms with Gasteiger partial charge in [0.1, 0.15) is 0 Å². The lowest BCUT2D eigenvalue weighted by Crippen LogP contribution is -2.08. The summed E-state index contributed by atoms with van der Waals surface area (Å²) in [6.07, 6.45) is 0. The number of ether oxygens (including phenoxy) is 3. The van der Waals surface area contributed by atoms with Gasteiger partial charge in [0.25, 0.3) is 0 Å². The van der Waals surface area contributed by atoms with Gasteiger partial charge in [0.05, 0.1) is 32.5 Å². The smallest absolute Gasteiger partial charge is 0.199 e. The van der Waals surface area contributed by atoms with Gasteiger partial charge in [-0.15, -0.1) is 0 Å². The van der Waals surface area contributed by atoms with Gasteiger partial charge in [-0.05, 0) is 24.3 Å². The van der Waals surface area contributed by atoms with Crippen LogP contribution in [0.1, 0.15) is 15.9 Å². The topological polar surface area (TPSA) is 44.8 Å². The quantitative estimate of drug-likeness (QED) is 0.794. The van der Waals surface area contributed by atoms with Gasteiger partial charge in [-0.2, -0.15) is 0 Å². The van der Waals surface area contributed by atoms with Crippen molar-refractivity contribution in [3.05, 3.63) is 53.3 Å². The Morgan fingerprint density at radius 1 is 0.857 bits per heavy atom. The molecule has 0 saturated carbocycles. The van der Waals surface area contributed by atoms with Gasteiger partial charge < -0.3 is 14.2 Å². The van der Waals surface area contributed by atoms with E-state index >= 15 is 0 Å². The number of ketones is 1. The van der Waals surface area contributed by atoms with Crippen molar-refractivity contribution < 1.29 is 23.4 Å². The van der Waals surface area contributed by atoms with E-state index in [1.54, 1.807) is 24.3 Å². The van der Waals surface area contributed by atoms with Crippen LogP contribution in [0.2, 0.25) is 0 Å². The molecule has 0 fully saturated rings. The number of rotatable bonds is 5. The van der Waals surface area contributed by atoms with Crippen molar-refractivity contribution in [3.8, 4) is 17.2 Å². The highest BCUT2D eigenvalue weighted by molar-refractivity contribution is 6.11. The molecule has 4 nitrogen and oxygen atoms in total. The summed E-state index contributed by atoms with van der Waals surface area (Å²) in [5.74, 6) is -0.501. The van der Waals surface area contributed by atoms with Crippen LogP contribution in [0.3, 0.4) is 0 Å². The molecule has 2 rings (SSSR count). The third kappa shape index (κ3) is 2.67. The first-order valence-electron chi connectivity index (χ1n) is 6.22. The fourth-order valence-electron chi connectivity index (χ4n) is 2.05. The second-order valence-corrected chi connectivity index (χ2v) is 4.19. The zero-order chi connectivity index (χ0) is 15.4. The van der Waals surface area contributed by atoms with Crippen LogP contribution >= 0.6 is 0 Å². The first-order chi connectivity index (χ1) is 10.1. The van der Waals surface area contributed by atoms with E-state index in [0.29, 0.717) is 5.75 Å². The minimum Gasteiger partial charge on any atom is -0.494 e. The monoisotopic (exact) mass is 290 g/mol. The Kier molecular flexibility index (Phi) is 4.42. The van der Waals surface area contributed by atoms with Crippen LogP contribution in [0.5, 0.6) is 17.2 Å². The van der Waals surface area contributed by atoms with E-state index in [0.717, 1.165) is 0 Å². The lowest BCUT2D eigenvalue weighted by molar-refractivity contribution is 0.103. The van der Waals surface area contributed by atoms with Gasteiger partial charge in [-0.1, -0.05) is 12.1 Å². The van der Waals surface area contributed by atoms with Gasteiger partial charge in [0.2, 0.25) is 0 Å². The normalized spacial score (nSPS) is 10.1. The molecule has 0 N–H and O–H groups in total. The molecule has 110 valence electrons. The van der Waals surface area contributed by atoms with Crippen molar-refractivity contribution >= 4 is 5.78 Å². The van der Waals surface area contributed by atoms with E-state index in [1.165, 1.54) is 33.5 Å². The summed E-state index contributed by atoms with van der Waals surface area (Å²) in [6.45, 7) is 0.